The molecule has 3 nitrogen and oxygen atoms in total. The minimum Gasteiger partial charge on any atom is -0.742 e. The Morgan fingerprint density at radius 3 is 2.00 bits per heavy atom. The van der Waals surface area contributed by atoms with Crippen LogP contribution in [0.4, 0.5) is 0 Å². The van der Waals surface area contributed by atoms with Gasteiger partial charge in [0.1, 0.15) is 0 Å². The molecule has 0 bridgehead atoms. The van der Waals surface area contributed by atoms with Crippen LogP contribution in [0.3, 0.4) is 0 Å². The number of hydrogen-bond acceptors (Lipinski definition) is 3. The summed E-state index contributed by atoms with van der Waals surface area (Å²) in [5.41, 5.74) is 1.43. The third-order valence-electron chi connectivity index (χ3n) is 3.35. The fourth-order valence-corrected chi connectivity index (χ4v) is 2.24. The first-order valence-electron chi connectivity index (χ1n) is 6.71. The molecule has 0 saturated carbocycles. The maximum absolute atomic E-state index is 12.3. The Labute approximate surface area is 129 Å². The van der Waals surface area contributed by atoms with Crippen molar-refractivity contribution in [1.29, 1.82) is 0 Å². The Kier molecular flexibility index (Phi) is 5.06. The van der Waals surface area contributed by atoms with Gasteiger partial charge in [-0.05, 0) is 17.7 Å². The lowest BCUT2D eigenvalue weighted by molar-refractivity contribution is -0.114. The molecule has 1 N–H and O–H groups in total. The van der Waals surface area contributed by atoms with Crippen LogP contribution in [-0.4, -0.2) is 11.0 Å². The Morgan fingerprint density at radius 1 is 0.952 bits per heavy atom. The van der Waals surface area contributed by atoms with Gasteiger partial charge in [-0.2, -0.15) is 0 Å². The van der Waals surface area contributed by atoms with E-state index in [4.69, 9.17) is 12.6 Å². The molecule has 2 aromatic rings. The molecule has 108 valence electrons. The molecular formula is C17H16NO2S-. The zero-order chi connectivity index (χ0) is 15.2. The van der Waals surface area contributed by atoms with Gasteiger partial charge in [-0.1, -0.05) is 55.5 Å². The molecule has 2 rings (SSSR count). The summed E-state index contributed by atoms with van der Waals surface area (Å²) >= 11 is 4.76. The van der Waals surface area contributed by atoms with E-state index >= 15 is 0 Å². The summed E-state index contributed by atoms with van der Waals surface area (Å²) in [7, 11) is 0. The highest BCUT2D eigenvalue weighted by molar-refractivity contribution is 7.77. The Morgan fingerprint density at radius 2 is 1.48 bits per heavy atom. The molecule has 0 radical (unpaired) electrons. The third kappa shape index (κ3) is 3.89. The van der Waals surface area contributed by atoms with Gasteiger partial charge in [0.15, 0.2) is 0 Å². The molecule has 0 aliphatic rings. The van der Waals surface area contributed by atoms with Gasteiger partial charge in [-0.25, -0.2) is 0 Å². The highest BCUT2D eigenvalue weighted by Crippen LogP contribution is 2.23. The summed E-state index contributed by atoms with van der Waals surface area (Å²) in [6, 6.07) is 17.9. The van der Waals surface area contributed by atoms with Crippen LogP contribution in [0.15, 0.2) is 60.7 Å². The van der Waals surface area contributed by atoms with E-state index in [1.165, 1.54) is 0 Å². The van der Waals surface area contributed by atoms with E-state index in [1.54, 1.807) is 31.2 Å². The Bertz CT molecular complexity index is 613. The van der Waals surface area contributed by atoms with E-state index in [0.29, 0.717) is 5.56 Å². The third-order valence-corrected chi connectivity index (χ3v) is 3.72. The first-order valence-corrected chi connectivity index (χ1v) is 7.12. The second-order valence-electron chi connectivity index (χ2n) is 4.84. The molecule has 2 aromatic carbocycles. The van der Waals surface area contributed by atoms with Crippen molar-refractivity contribution in [2.45, 2.75) is 13.0 Å². The topological polar surface area (TPSA) is 46.2 Å². The van der Waals surface area contributed by atoms with Gasteiger partial charge in [-0.3, -0.25) is 4.79 Å². The minimum absolute atomic E-state index is 0.215. The van der Waals surface area contributed by atoms with Gasteiger partial charge in [0.2, 0.25) is 0 Å². The van der Waals surface area contributed by atoms with Gasteiger partial charge in [0, 0.05) is 16.6 Å². The van der Waals surface area contributed by atoms with E-state index in [1.807, 2.05) is 36.4 Å². The second-order valence-corrected chi connectivity index (χ2v) is 5.24. The molecule has 1 amide bonds. The van der Waals surface area contributed by atoms with Crippen LogP contribution in [0.5, 0.6) is 0 Å². The van der Waals surface area contributed by atoms with Crippen molar-refractivity contribution in [3.63, 3.8) is 0 Å². The van der Waals surface area contributed by atoms with Crippen LogP contribution < -0.4 is 5.32 Å². The van der Waals surface area contributed by atoms with Gasteiger partial charge >= 0.3 is 0 Å². The van der Waals surface area contributed by atoms with E-state index in [2.05, 4.69) is 5.32 Å². The molecule has 4 heteroatoms. The molecule has 0 fully saturated rings. The van der Waals surface area contributed by atoms with E-state index in [-0.39, 0.29) is 11.0 Å². The van der Waals surface area contributed by atoms with Crippen LogP contribution in [0.2, 0.25) is 0 Å². The van der Waals surface area contributed by atoms with Crippen LogP contribution in [0.1, 0.15) is 28.9 Å². The van der Waals surface area contributed by atoms with Crippen molar-refractivity contribution < 1.29 is 9.59 Å². The number of carbonyl (C=O) groups is 2. The van der Waals surface area contributed by atoms with Crippen LogP contribution in [0.25, 0.3) is 0 Å². The highest BCUT2D eigenvalue weighted by Gasteiger charge is 2.22. The van der Waals surface area contributed by atoms with E-state index in [9.17, 15) is 9.59 Å². The lowest BCUT2D eigenvalue weighted by atomic mass is 9.95. The molecule has 0 aliphatic carbocycles. The number of nitrogens with one attached hydrogen (secondary N) is 1. The minimum atomic E-state index is -0.463. The number of benzene rings is 2. The predicted octanol–water partition coefficient (Wildman–Crippen LogP) is 2.87. The number of amides is 1. The van der Waals surface area contributed by atoms with Gasteiger partial charge in [-0.15, -0.1) is 0 Å². The first kappa shape index (κ1) is 15.2. The predicted molar refractivity (Wildman–Crippen MR) is 84.6 cm³/mol. The molecule has 0 heterocycles. The lowest BCUT2D eigenvalue weighted by Crippen LogP contribution is -2.35. The largest absolute Gasteiger partial charge is 0.742 e. The maximum atomic E-state index is 12.3. The molecule has 2 unspecified atom stereocenters. The molecule has 21 heavy (non-hydrogen) atoms. The summed E-state index contributed by atoms with van der Waals surface area (Å²) < 4.78 is 0. The Hall–Kier alpha value is -2.20. The molecular weight excluding hydrogens is 282 g/mol. The highest BCUT2D eigenvalue weighted by atomic mass is 32.1. The average molecular weight is 298 g/mol. The van der Waals surface area contributed by atoms with Crippen molar-refractivity contribution >= 4 is 23.7 Å². The molecule has 0 saturated heterocycles. The summed E-state index contributed by atoms with van der Waals surface area (Å²) in [6.07, 6.45) is 0. The van der Waals surface area contributed by atoms with E-state index in [0.717, 1.165) is 5.56 Å². The molecule has 2 atom stereocenters. The van der Waals surface area contributed by atoms with Crippen LogP contribution in [-0.2, 0) is 17.4 Å². The van der Waals surface area contributed by atoms with Gasteiger partial charge in [0.25, 0.3) is 5.91 Å². The van der Waals surface area contributed by atoms with Crippen molar-refractivity contribution in [2.75, 3.05) is 0 Å². The van der Waals surface area contributed by atoms with Crippen LogP contribution >= 0.6 is 0 Å². The summed E-state index contributed by atoms with van der Waals surface area (Å²) in [6.45, 7) is 1.73. The SMILES string of the molecule is CC(C(=O)[S-])C(NC(=O)c1ccccc1)c1ccccc1. The first-order chi connectivity index (χ1) is 10.1. The van der Waals surface area contributed by atoms with Crippen molar-refractivity contribution in [2.24, 2.45) is 5.92 Å². The summed E-state index contributed by atoms with van der Waals surface area (Å²) in [5, 5.41) is 2.54. The number of hydrogen-bond donors (Lipinski definition) is 1. The normalized spacial score (nSPS) is 13.2. The van der Waals surface area contributed by atoms with Crippen molar-refractivity contribution in [3.8, 4) is 0 Å². The molecule has 0 aromatic heterocycles. The summed E-state index contributed by atoms with van der Waals surface area (Å²) in [4.78, 5) is 23.8. The average Bonchev–Trinajstić information content (AvgIpc) is 2.53. The van der Waals surface area contributed by atoms with E-state index < -0.39 is 12.0 Å². The molecule has 0 aliphatic heterocycles. The quantitative estimate of drug-likeness (QED) is 0.863. The fourth-order valence-electron chi connectivity index (χ4n) is 2.11. The maximum Gasteiger partial charge on any atom is 0.251 e. The van der Waals surface area contributed by atoms with Gasteiger partial charge < -0.3 is 22.7 Å². The zero-order valence-corrected chi connectivity index (χ0v) is 12.5. The number of carbonyl (C=O) groups excluding carboxylic acids is 2. The van der Waals surface area contributed by atoms with Crippen LogP contribution in [0, 0.1) is 5.92 Å². The molecule has 0 spiro atoms. The second kappa shape index (κ2) is 6.99. The summed E-state index contributed by atoms with van der Waals surface area (Å²) in [5.74, 6) is -0.678. The Balaban J connectivity index is 2.25. The lowest BCUT2D eigenvalue weighted by Gasteiger charge is -2.27. The zero-order valence-electron chi connectivity index (χ0n) is 11.7. The van der Waals surface area contributed by atoms with Gasteiger partial charge in [0.05, 0.1) is 6.04 Å². The van der Waals surface area contributed by atoms with Crippen molar-refractivity contribution in [3.05, 3.63) is 71.8 Å². The standard InChI is InChI=1S/C17H17NO2S/c1-12(17(20)21)15(13-8-4-2-5-9-13)18-16(19)14-10-6-3-7-11-14/h2-12,15H,1H3,(H,18,19)(H,20,21)/p-1. The monoisotopic (exact) mass is 298 g/mol. The number of rotatable bonds is 5. The van der Waals surface area contributed by atoms with Crippen molar-refractivity contribution in [1.82, 2.24) is 5.32 Å². The fraction of sp³-hybridized carbons (Fsp3) is 0.176. The smallest absolute Gasteiger partial charge is 0.251 e.